The van der Waals surface area contributed by atoms with Crippen LogP contribution in [0.2, 0.25) is 0 Å². The van der Waals surface area contributed by atoms with E-state index in [-0.39, 0.29) is 23.2 Å². The number of halogens is 1. The van der Waals surface area contributed by atoms with Crippen LogP contribution >= 0.6 is 15.9 Å². The van der Waals surface area contributed by atoms with Gasteiger partial charge in [0.2, 0.25) is 5.91 Å². The summed E-state index contributed by atoms with van der Waals surface area (Å²) in [6.45, 7) is 5.47. The second-order valence-electron chi connectivity index (χ2n) is 9.52. The third-order valence-corrected chi connectivity index (χ3v) is 8.47. The standard InChI is InChI=1S/C25H34BrNO3/c1-3-27-24(29)21-15-22(28)25(2)11-10-19-18-9-7-17(30-13-5-4-12-26)14-16(18)6-8-20(19)23(21)25/h7,9,14,19-21,23H,3-6,8,10-13,15H2,1-2H3,(H,27,29)/t19-,20-,21+,23-,25-/m1/s1. The number of ether oxygens (including phenoxy) is 1. The Balaban J connectivity index is 1.56. The maximum Gasteiger partial charge on any atom is 0.223 e. The van der Waals surface area contributed by atoms with Gasteiger partial charge in [-0.15, -0.1) is 0 Å². The van der Waals surface area contributed by atoms with Crippen LogP contribution in [-0.4, -0.2) is 30.2 Å². The number of hydrogen-bond donors (Lipinski definition) is 1. The Labute approximate surface area is 188 Å². The molecule has 0 saturated heterocycles. The number of alkyl halides is 1. The van der Waals surface area contributed by atoms with E-state index in [1.807, 2.05) is 6.92 Å². The number of amides is 1. The van der Waals surface area contributed by atoms with Crippen molar-refractivity contribution in [2.45, 2.75) is 64.7 Å². The molecule has 2 saturated carbocycles. The normalized spacial score (nSPS) is 32.2. The molecule has 164 valence electrons. The van der Waals surface area contributed by atoms with Crippen LogP contribution in [0.3, 0.4) is 0 Å². The molecule has 5 atom stereocenters. The number of aryl methyl sites for hydroxylation is 1. The number of unbranched alkanes of at least 4 members (excludes halogenated alkanes) is 1. The zero-order chi connectivity index (χ0) is 21.3. The number of ketones is 1. The Bertz CT molecular complexity index is 810. The molecule has 3 aliphatic rings. The van der Waals surface area contributed by atoms with Crippen LogP contribution in [-0.2, 0) is 16.0 Å². The van der Waals surface area contributed by atoms with Crippen molar-refractivity contribution in [3.63, 3.8) is 0 Å². The lowest BCUT2D eigenvalue weighted by atomic mass is 9.54. The van der Waals surface area contributed by atoms with Gasteiger partial charge >= 0.3 is 0 Å². The Kier molecular flexibility index (Phi) is 6.57. The minimum absolute atomic E-state index is 0.0817. The fourth-order valence-electron chi connectivity index (χ4n) is 6.47. The van der Waals surface area contributed by atoms with Gasteiger partial charge in [0.05, 0.1) is 6.61 Å². The zero-order valence-corrected chi connectivity index (χ0v) is 19.8. The average Bonchev–Trinajstić information content (AvgIpc) is 3.02. The fourth-order valence-corrected chi connectivity index (χ4v) is 6.87. The first-order valence-corrected chi connectivity index (χ1v) is 12.7. The van der Waals surface area contributed by atoms with E-state index < -0.39 is 0 Å². The van der Waals surface area contributed by atoms with Crippen LogP contribution in [0.5, 0.6) is 5.75 Å². The maximum absolute atomic E-state index is 13.0. The largest absolute Gasteiger partial charge is 0.494 e. The second-order valence-corrected chi connectivity index (χ2v) is 10.3. The summed E-state index contributed by atoms with van der Waals surface area (Å²) in [6, 6.07) is 6.60. The number of benzene rings is 1. The van der Waals surface area contributed by atoms with E-state index >= 15 is 0 Å². The molecular weight excluding hydrogens is 442 g/mol. The summed E-state index contributed by atoms with van der Waals surface area (Å²) in [5, 5.41) is 4.02. The topological polar surface area (TPSA) is 55.4 Å². The highest BCUT2D eigenvalue weighted by atomic mass is 79.9. The van der Waals surface area contributed by atoms with E-state index in [4.69, 9.17) is 4.74 Å². The SMILES string of the molecule is CCNC(=O)[C@H]1CC(=O)[C@@]2(C)CC[C@@H]3c4ccc(OCCCCBr)cc4CC[C@H]3[C@H]12. The third-order valence-electron chi connectivity index (χ3n) is 7.91. The van der Waals surface area contributed by atoms with Crippen molar-refractivity contribution >= 4 is 27.6 Å². The lowest BCUT2D eigenvalue weighted by molar-refractivity contribution is -0.130. The molecule has 0 spiro atoms. The molecule has 1 aromatic carbocycles. The van der Waals surface area contributed by atoms with E-state index in [0.717, 1.165) is 56.2 Å². The number of fused-ring (bicyclic) bond motifs is 5. The van der Waals surface area contributed by atoms with Gasteiger partial charge in [0.25, 0.3) is 0 Å². The molecule has 1 amide bonds. The Hall–Kier alpha value is -1.36. The molecule has 0 radical (unpaired) electrons. The summed E-state index contributed by atoms with van der Waals surface area (Å²) in [4.78, 5) is 25.8. The minimum Gasteiger partial charge on any atom is -0.494 e. The molecule has 0 aromatic heterocycles. The lowest BCUT2D eigenvalue weighted by Gasteiger charge is -2.49. The Morgan fingerprint density at radius 3 is 2.90 bits per heavy atom. The molecule has 0 bridgehead atoms. The van der Waals surface area contributed by atoms with Crippen molar-refractivity contribution in [1.82, 2.24) is 5.32 Å². The first-order chi connectivity index (χ1) is 14.5. The summed E-state index contributed by atoms with van der Waals surface area (Å²) in [7, 11) is 0. The van der Waals surface area contributed by atoms with Crippen LogP contribution < -0.4 is 10.1 Å². The summed E-state index contributed by atoms with van der Waals surface area (Å²) >= 11 is 3.46. The van der Waals surface area contributed by atoms with E-state index in [1.165, 1.54) is 11.1 Å². The highest BCUT2D eigenvalue weighted by molar-refractivity contribution is 9.09. The molecular formula is C25H34BrNO3. The molecule has 5 heteroatoms. The summed E-state index contributed by atoms with van der Waals surface area (Å²) in [5.74, 6) is 2.24. The second kappa shape index (κ2) is 9.02. The maximum atomic E-state index is 13.0. The lowest BCUT2D eigenvalue weighted by Crippen LogP contribution is -2.46. The van der Waals surface area contributed by atoms with E-state index in [1.54, 1.807) is 0 Å². The number of rotatable bonds is 7. The highest BCUT2D eigenvalue weighted by Crippen LogP contribution is 2.61. The van der Waals surface area contributed by atoms with Gasteiger partial charge in [-0.2, -0.15) is 0 Å². The molecule has 4 nitrogen and oxygen atoms in total. The molecule has 0 unspecified atom stereocenters. The molecule has 2 fully saturated rings. The predicted octanol–water partition coefficient (Wildman–Crippen LogP) is 5.03. The van der Waals surface area contributed by atoms with Crippen molar-refractivity contribution in [2.24, 2.45) is 23.2 Å². The molecule has 0 heterocycles. The summed E-state index contributed by atoms with van der Waals surface area (Å²) in [5.41, 5.74) is 2.50. The molecule has 30 heavy (non-hydrogen) atoms. The number of Topliss-reactive ketones (excluding diaryl/α,β-unsaturated/α-hetero) is 1. The van der Waals surface area contributed by atoms with Crippen molar-refractivity contribution < 1.29 is 14.3 Å². The third kappa shape index (κ3) is 3.83. The molecule has 1 aromatic rings. The van der Waals surface area contributed by atoms with E-state index in [9.17, 15) is 9.59 Å². The first-order valence-electron chi connectivity index (χ1n) is 11.6. The van der Waals surface area contributed by atoms with Gasteiger partial charge in [-0.05, 0) is 86.5 Å². The van der Waals surface area contributed by atoms with Gasteiger partial charge in [-0.3, -0.25) is 9.59 Å². The zero-order valence-electron chi connectivity index (χ0n) is 18.2. The number of nitrogens with one attached hydrogen (secondary N) is 1. The van der Waals surface area contributed by atoms with Crippen molar-refractivity contribution in [3.8, 4) is 5.75 Å². The van der Waals surface area contributed by atoms with Crippen LogP contribution in [0.25, 0.3) is 0 Å². The summed E-state index contributed by atoms with van der Waals surface area (Å²) < 4.78 is 5.97. The smallest absolute Gasteiger partial charge is 0.223 e. The van der Waals surface area contributed by atoms with Crippen molar-refractivity contribution in [3.05, 3.63) is 29.3 Å². The van der Waals surface area contributed by atoms with Crippen LogP contribution in [0.1, 0.15) is 69.4 Å². The summed E-state index contributed by atoms with van der Waals surface area (Å²) in [6.07, 6.45) is 6.63. The van der Waals surface area contributed by atoms with E-state index in [0.29, 0.717) is 30.6 Å². The van der Waals surface area contributed by atoms with Gasteiger partial charge in [0.15, 0.2) is 0 Å². The predicted molar refractivity (Wildman–Crippen MR) is 122 cm³/mol. The van der Waals surface area contributed by atoms with Gasteiger partial charge in [0.1, 0.15) is 11.5 Å². The number of carbonyl (C=O) groups is 2. The quantitative estimate of drug-likeness (QED) is 0.444. The number of hydrogen-bond acceptors (Lipinski definition) is 3. The molecule has 3 aliphatic carbocycles. The van der Waals surface area contributed by atoms with Crippen LogP contribution in [0.4, 0.5) is 0 Å². The monoisotopic (exact) mass is 475 g/mol. The molecule has 0 aliphatic heterocycles. The van der Waals surface area contributed by atoms with Crippen molar-refractivity contribution in [2.75, 3.05) is 18.5 Å². The van der Waals surface area contributed by atoms with Gasteiger partial charge in [-0.25, -0.2) is 0 Å². The van der Waals surface area contributed by atoms with Gasteiger partial charge < -0.3 is 10.1 Å². The first kappa shape index (κ1) is 21.9. The fraction of sp³-hybridized carbons (Fsp3) is 0.680. The highest BCUT2D eigenvalue weighted by Gasteiger charge is 2.60. The number of carbonyl (C=O) groups excluding carboxylic acids is 2. The average molecular weight is 476 g/mol. The minimum atomic E-state index is -0.326. The van der Waals surface area contributed by atoms with Crippen molar-refractivity contribution in [1.29, 1.82) is 0 Å². The van der Waals surface area contributed by atoms with E-state index in [2.05, 4.69) is 46.4 Å². The molecule has 1 N–H and O–H groups in total. The van der Waals surface area contributed by atoms with Gasteiger partial charge in [0, 0.05) is 29.6 Å². The Morgan fingerprint density at radius 1 is 1.30 bits per heavy atom. The van der Waals surface area contributed by atoms with Crippen LogP contribution in [0, 0.1) is 23.2 Å². The molecule has 4 rings (SSSR count). The van der Waals surface area contributed by atoms with Gasteiger partial charge in [-0.1, -0.05) is 28.9 Å². The van der Waals surface area contributed by atoms with Crippen LogP contribution in [0.15, 0.2) is 18.2 Å². The Morgan fingerprint density at radius 2 is 2.13 bits per heavy atom.